The molecule has 2 nitrogen and oxygen atoms in total. The summed E-state index contributed by atoms with van der Waals surface area (Å²) in [5.41, 5.74) is 1.21. The Bertz CT molecular complexity index is 478. The van der Waals surface area contributed by atoms with Gasteiger partial charge in [-0.25, -0.2) is 0 Å². The molecule has 118 valence electrons. The predicted octanol–water partition coefficient (Wildman–Crippen LogP) is 5.52. The van der Waals surface area contributed by atoms with Gasteiger partial charge in [-0.15, -0.1) is 0 Å². The van der Waals surface area contributed by atoms with Crippen LogP contribution in [0.2, 0.25) is 0 Å². The normalized spacial score (nSPS) is 25.9. The molecule has 0 spiro atoms. The highest BCUT2D eigenvalue weighted by Gasteiger charge is 2.24. The van der Waals surface area contributed by atoms with Gasteiger partial charge in [0.05, 0.1) is 11.1 Å². The predicted molar refractivity (Wildman–Crippen MR) is 95.8 cm³/mol. The van der Waals surface area contributed by atoms with Crippen molar-refractivity contribution in [1.29, 1.82) is 0 Å². The first-order chi connectivity index (χ1) is 10.0. The molecule has 2 rings (SSSR count). The molecule has 1 aromatic carbocycles. The van der Waals surface area contributed by atoms with Gasteiger partial charge < -0.3 is 10.1 Å². The highest BCUT2D eigenvalue weighted by atomic mass is 79.9. The lowest BCUT2D eigenvalue weighted by molar-refractivity contribution is 0.225. The molecular formula is C17H25Br2NO. The van der Waals surface area contributed by atoms with Crippen LogP contribution in [0.5, 0.6) is 5.75 Å². The Morgan fingerprint density at radius 3 is 2.62 bits per heavy atom. The van der Waals surface area contributed by atoms with E-state index in [1.807, 2.05) is 13.0 Å². The highest BCUT2D eigenvalue weighted by Crippen LogP contribution is 2.34. The lowest BCUT2D eigenvalue weighted by atomic mass is 9.79. The van der Waals surface area contributed by atoms with Gasteiger partial charge in [0.25, 0.3) is 0 Å². The van der Waals surface area contributed by atoms with Gasteiger partial charge in [0, 0.05) is 22.6 Å². The lowest BCUT2D eigenvalue weighted by Gasteiger charge is -2.32. The van der Waals surface area contributed by atoms with Crippen LogP contribution in [0.3, 0.4) is 0 Å². The van der Waals surface area contributed by atoms with E-state index in [4.69, 9.17) is 4.74 Å². The number of halogens is 2. The molecule has 4 heteroatoms. The largest absolute Gasteiger partial charge is 0.492 e. The molecular weight excluding hydrogens is 394 g/mol. The molecule has 1 fully saturated rings. The Morgan fingerprint density at radius 2 is 1.95 bits per heavy atom. The minimum Gasteiger partial charge on any atom is -0.492 e. The van der Waals surface area contributed by atoms with Crippen LogP contribution in [0.4, 0.5) is 0 Å². The van der Waals surface area contributed by atoms with Gasteiger partial charge in [0.1, 0.15) is 5.75 Å². The molecule has 3 unspecified atom stereocenters. The Labute approximate surface area is 145 Å². The molecule has 1 aliphatic carbocycles. The second-order valence-electron chi connectivity index (χ2n) is 6.15. The molecule has 0 aromatic heterocycles. The number of benzene rings is 1. The molecule has 0 aliphatic heterocycles. The average molecular weight is 419 g/mol. The molecule has 1 aromatic rings. The number of hydrogen-bond acceptors (Lipinski definition) is 2. The third-order valence-corrected chi connectivity index (χ3v) is 5.60. The van der Waals surface area contributed by atoms with Crippen molar-refractivity contribution in [2.24, 2.45) is 11.8 Å². The summed E-state index contributed by atoms with van der Waals surface area (Å²) in [6, 6.07) is 4.82. The van der Waals surface area contributed by atoms with E-state index in [0.717, 1.165) is 33.1 Å². The first kappa shape index (κ1) is 17.3. The average Bonchev–Trinajstić information content (AvgIpc) is 2.43. The van der Waals surface area contributed by atoms with Crippen LogP contribution in [0.25, 0.3) is 0 Å². The summed E-state index contributed by atoms with van der Waals surface area (Å²) in [4.78, 5) is 0. The molecule has 1 aliphatic rings. The maximum Gasteiger partial charge on any atom is 0.138 e. The molecule has 0 saturated heterocycles. The maximum absolute atomic E-state index is 5.79. The summed E-state index contributed by atoms with van der Waals surface area (Å²) >= 11 is 7.17. The van der Waals surface area contributed by atoms with Crippen LogP contribution in [0.15, 0.2) is 21.1 Å². The Morgan fingerprint density at radius 1 is 1.19 bits per heavy atom. The van der Waals surface area contributed by atoms with E-state index in [2.05, 4.69) is 57.1 Å². The number of rotatable bonds is 5. The SMILES string of the molecule is CCOc1c(Br)cc(Br)cc1CNC1CCC(C)C(C)C1. The van der Waals surface area contributed by atoms with E-state index in [-0.39, 0.29) is 0 Å². The van der Waals surface area contributed by atoms with Crippen LogP contribution in [-0.2, 0) is 6.54 Å². The Balaban J connectivity index is 2.02. The van der Waals surface area contributed by atoms with Crippen molar-refractivity contribution < 1.29 is 4.74 Å². The zero-order valence-corrected chi connectivity index (χ0v) is 16.3. The van der Waals surface area contributed by atoms with Crippen LogP contribution in [-0.4, -0.2) is 12.6 Å². The fourth-order valence-corrected chi connectivity index (χ4v) is 4.47. The van der Waals surface area contributed by atoms with Crippen molar-refractivity contribution >= 4 is 31.9 Å². The van der Waals surface area contributed by atoms with Gasteiger partial charge in [0.15, 0.2) is 0 Å². The molecule has 0 bridgehead atoms. The maximum atomic E-state index is 5.79. The summed E-state index contributed by atoms with van der Waals surface area (Å²) in [7, 11) is 0. The minimum absolute atomic E-state index is 0.628. The molecule has 1 N–H and O–H groups in total. The van der Waals surface area contributed by atoms with Crippen molar-refractivity contribution in [2.75, 3.05) is 6.61 Å². The van der Waals surface area contributed by atoms with Gasteiger partial charge in [-0.1, -0.05) is 29.8 Å². The van der Waals surface area contributed by atoms with E-state index in [9.17, 15) is 0 Å². The van der Waals surface area contributed by atoms with Gasteiger partial charge in [-0.3, -0.25) is 0 Å². The molecule has 0 heterocycles. The number of hydrogen-bond donors (Lipinski definition) is 1. The first-order valence-corrected chi connectivity index (χ1v) is 9.44. The van der Waals surface area contributed by atoms with E-state index < -0.39 is 0 Å². The fraction of sp³-hybridized carbons (Fsp3) is 0.647. The number of nitrogens with one attached hydrogen (secondary N) is 1. The van der Waals surface area contributed by atoms with Crippen LogP contribution < -0.4 is 10.1 Å². The zero-order chi connectivity index (χ0) is 15.4. The molecule has 1 saturated carbocycles. The summed E-state index contributed by atoms with van der Waals surface area (Å²) in [5.74, 6) is 2.64. The third kappa shape index (κ3) is 4.70. The standard InChI is InChI=1S/C17H25Br2NO/c1-4-21-17-13(8-14(18)9-16(17)19)10-20-15-6-5-11(2)12(3)7-15/h8-9,11-12,15,20H,4-7,10H2,1-3H3. The van der Waals surface area contributed by atoms with Crippen molar-refractivity contribution in [3.8, 4) is 5.75 Å². The van der Waals surface area contributed by atoms with Crippen LogP contribution in [0.1, 0.15) is 45.6 Å². The lowest BCUT2D eigenvalue weighted by Crippen LogP contribution is -2.35. The minimum atomic E-state index is 0.628. The van der Waals surface area contributed by atoms with Crippen molar-refractivity contribution in [3.63, 3.8) is 0 Å². The van der Waals surface area contributed by atoms with Gasteiger partial charge >= 0.3 is 0 Å². The summed E-state index contributed by atoms with van der Waals surface area (Å²) in [5, 5.41) is 3.72. The van der Waals surface area contributed by atoms with Crippen molar-refractivity contribution in [1.82, 2.24) is 5.32 Å². The summed E-state index contributed by atoms with van der Waals surface area (Å²) in [6.45, 7) is 8.32. The van der Waals surface area contributed by atoms with E-state index in [1.165, 1.54) is 24.8 Å². The van der Waals surface area contributed by atoms with Crippen LogP contribution >= 0.6 is 31.9 Å². The van der Waals surface area contributed by atoms with E-state index in [0.29, 0.717) is 12.6 Å². The smallest absolute Gasteiger partial charge is 0.138 e. The fourth-order valence-electron chi connectivity index (χ4n) is 3.04. The molecule has 21 heavy (non-hydrogen) atoms. The second-order valence-corrected chi connectivity index (χ2v) is 7.92. The summed E-state index contributed by atoms with van der Waals surface area (Å²) < 4.78 is 7.89. The zero-order valence-electron chi connectivity index (χ0n) is 13.1. The highest BCUT2D eigenvalue weighted by molar-refractivity contribution is 9.11. The van der Waals surface area contributed by atoms with Gasteiger partial charge in [-0.05, 0) is 66.1 Å². The molecule has 3 atom stereocenters. The van der Waals surface area contributed by atoms with Crippen LogP contribution in [0, 0.1) is 11.8 Å². The third-order valence-electron chi connectivity index (χ3n) is 4.55. The number of ether oxygens (including phenoxy) is 1. The van der Waals surface area contributed by atoms with Gasteiger partial charge in [-0.2, -0.15) is 0 Å². The quantitative estimate of drug-likeness (QED) is 0.679. The first-order valence-electron chi connectivity index (χ1n) is 7.85. The van der Waals surface area contributed by atoms with Crippen molar-refractivity contribution in [3.05, 3.63) is 26.6 Å². The van der Waals surface area contributed by atoms with Gasteiger partial charge in [0.2, 0.25) is 0 Å². The van der Waals surface area contributed by atoms with Crippen molar-refractivity contribution in [2.45, 2.75) is 52.6 Å². The second kappa shape index (κ2) is 7.98. The molecule has 0 radical (unpaired) electrons. The summed E-state index contributed by atoms with van der Waals surface area (Å²) in [6.07, 6.45) is 3.89. The Hall–Kier alpha value is -0.0600. The Kier molecular flexibility index (Phi) is 6.57. The topological polar surface area (TPSA) is 21.3 Å². The van der Waals surface area contributed by atoms with E-state index in [1.54, 1.807) is 0 Å². The molecule has 0 amide bonds. The van der Waals surface area contributed by atoms with E-state index >= 15 is 0 Å². The monoisotopic (exact) mass is 417 g/mol.